The number of hydrogen-bond donors (Lipinski definition) is 3. The van der Waals surface area contributed by atoms with Gasteiger partial charge in [-0.1, -0.05) is 0 Å². The SMILES string of the molecule is CCOC(CNC(=O)NCC(C)OC)CC(=O)O. The Hall–Kier alpha value is -1.34. The Morgan fingerprint density at radius 3 is 2.39 bits per heavy atom. The number of nitrogens with one attached hydrogen (secondary N) is 2. The number of aliphatic carboxylic acids is 1. The Bertz CT molecular complexity index is 260. The highest BCUT2D eigenvalue weighted by molar-refractivity contribution is 5.74. The quantitative estimate of drug-likeness (QED) is 0.551. The molecule has 7 nitrogen and oxygen atoms in total. The number of amides is 2. The molecule has 0 aliphatic heterocycles. The van der Waals surface area contributed by atoms with Crippen LogP contribution in [0, 0.1) is 0 Å². The topological polar surface area (TPSA) is 96.9 Å². The number of carbonyl (C=O) groups excluding carboxylic acids is 1. The van der Waals surface area contributed by atoms with Crippen LogP contribution >= 0.6 is 0 Å². The van der Waals surface area contributed by atoms with E-state index in [9.17, 15) is 9.59 Å². The maximum atomic E-state index is 11.4. The van der Waals surface area contributed by atoms with Gasteiger partial charge in [0.25, 0.3) is 0 Å². The predicted octanol–water partition coefficient (Wildman–Crippen LogP) is 0.200. The standard InChI is InChI=1S/C11H22N2O5/c1-4-18-9(5-10(14)15)7-13-11(16)12-6-8(2)17-3/h8-9H,4-7H2,1-3H3,(H,14,15)(H2,12,13,16). The van der Waals surface area contributed by atoms with Gasteiger partial charge in [0, 0.05) is 26.8 Å². The maximum Gasteiger partial charge on any atom is 0.314 e. The zero-order valence-electron chi connectivity index (χ0n) is 11.1. The average molecular weight is 262 g/mol. The normalized spacial score (nSPS) is 13.7. The van der Waals surface area contributed by atoms with Gasteiger partial charge >= 0.3 is 12.0 Å². The number of carboxylic acids is 1. The summed E-state index contributed by atoms with van der Waals surface area (Å²) in [5, 5.41) is 13.8. The largest absolute Gasteiger partial charge is 0.481 e. The predicted molar refractivity (Wildman–Crippen MR) is 65.5 cm³/mol. The van der Waals surface area contributed by atoms with Gasteiger partial charge in [0.1, 0.15) is 0 Å². The van der Waals surface area contributed by atoms with Gasteiger partial charge in [-0.15, -0.1) is 0 Å². The van der Waals surface area contributed by atoms with Crippen molar-refractivity contribution in [1.82, 2.24) is 10.6 Å². The van der Waals surface area contributed by atoms with Crippen molar-refractivity contribution in [2.75, 3.05) is 26.8 Å². The lowest BCUT2D eigenvalue weighted by molar-refractivity contribution is -0.140. The fourth-order valence-corrected chi connectivity index (χ4v) is 1.21. The van der Waals surface area contributed by atoms with Crippen LogP contribution in [0.3, 0.4) is 0 Å². The first-order valence-electron chi connectivity index (χ1n) is 5.87. The third kappa shape index (κ3) is 8.77. The molecule has 0 aromatic rings. The molecule has 0 aliphatic rings. The second-order valence-electron chi connectivity index (χ2n) is 3.81. The Morgan fingerprint density at radius 2 is 1.89 bits per heavy atom. The molecule has 0 fully saturated rings. The van der Waals surface area contributed by atoms with Crippen molar-refractivity contribution >= 4 is 12.0 Å². The first kappa shape index (κ1) is 16.7. The van der Waals surface area contributed by atoms with E-state index in [1.54, 1.807) is 14.0 Å². The molecule has 0 aromatic heterocycles. The molecule has 2 atom stereocenters. The molecule has 2 unspecified atom stereocenters. The average Bonchev–Trinajstić information content (AvgIpc) is 2.32. The van der Waals surface area contributed by atoms with Gasteiger partial charge in [-0.25, -0.2) is 4.79 Å². The Labute approximate surface area is 107 Å². The second-order valence-corrected chi connectivity index (χ2v) is 3.81. The number of urea groups is 1. The molecule has 0 aliphatic carbocycles. The van der Waals surface area contributed by atoms with E-state index in [-0.39, 0.29) is 25.1 Å². The summed E-state index contributed by atoms with van der Waals surface area (Å²) < 4.78 is 10.2. The van der Waals surface area contributed by atoms with Crippen molar-refractivity contribution in [1.29, 1.82) is 0 Å². The third-order valence-corrected chi connectivity index (χ3v) is 2.25. The second kappa shape index (κ2) is 9.67. The van der Waals surface area contributed by atoms with Crippen molar-refractivity contribution in [3.8, 4) is 0 Å². The summed E-state index contributed by atoms with van der Waals surface area (Å²) in [4.78, 5) is 21.9. The lowest BCUT2D eigenvalue weighted by atomic mass is 10.2. The highest BCUT2D eigenvalue weighted by Gasteiger charge is 2.14. The van der Waals surface area contributed by atoms with E-state index < -0.39 is 12.1 Å². The zero-order valence-corrected chi connectivity index (χ0v) is 11.1. The summed E-state index contributed by atoms with van der Waals surface area (Å²) in [6, 6.07) is -0.367. The van der Waals surface area contributed by atoms with Crippen LogP contribution in [-0.2, 0) is 14.3 Å². The van der Waals surface area contributed by atoms with E-state index in [1.807, 2.05) is 6.92 Å². The van der Waals surface area contributed by atoms with Gasteiger partial charge < -0.3 is 25.2 Å². The van der Waals surface area contributed by atoms with Gasteiger partial charge in [0.15, 0.2) is 0 Å². The summed E-state index contributed by atoms with van der Waals surface area (Å²) in [6.07, 6.45) is -0.724. The fourth-order valence-electron chi connectivity index (χ4n) is 1.21. The van der Waals surface area contributed by atoms with E-state index in [2.05, 4.69) is 10.6 Å². The third-order valence-electron chi connectivity index (χ3n) is 2.25. The van der Waals surface area contributed by atoms with Crippen LogP contribution in [0.1, 0.15) is 20.3 Å². The van der Waals surface area contributed by atoms with Crippen LogP contribution in [0.4, 0.5) is 4.79 Å². The van der Waals surface area contributed by atoms with E-state index in [0.29, 0.717) is 13.2 Å². The molecule has 18 heavy (non-hydrogen) atoms. The van der Waals surface area contributed by atoms with Crippen molar-refractivity contribution < 1.29 is 24.2 Å². The smallest absolute Gasteiger partial charge is 0.314 e. The number of hydrogen-bond acceptors (Lipinski definition) is 4. The van der Waals surface area contributed by atoms with E-state index in [1.165, 1.54) is 0 Å². The molecule has 7 heteroatoms. The van der Waals surface area contributed by atoms with E-state index in [4.69, 9.17) is 14.6 Å². The molecule has 0 rings (SSSR count). The lowest BCUT2D eigenvalue weighted by Crippen LogP contribution is -2.43. The summed E-state index contributed by atoms with van der Waals surface area (Å²) >= 11 is 0. The Kier molecular flexibility index (Phi) is 8.95. The van der Waals surface area contributed by atoms with Crippen molar-refractivity contribution in [2.45, 2.75) is 32.5 Å². The van der Waals surface area contributed by atoms with E-state index in [0.717, 1.165) is 0 Å². The maximum absolute atomic E-state index is 11.4. The van der Waals surface area contributed by atoms with Gasteiger partial charge in [-0.2, -0.15) is 0 Å². The molecule has 0 bridgehead atoms. The molecule has 0 saturated carbocycles. The molecular formula is C11H22N2O5. The summed E-state index contributed by atoms with van der Waals surface area (Å²) in [5.41, 5.74) is 0. The summed E-state index contributed by atoms with van der Waals surface area (Å²) in [5.74, 6) is -0.955. The van der Waals surface area contributed by atoms with Crippen molar-refractivity contribution in [3.63, 3.8) is 0 Å². The summed E-state index contributed by atoms with van der Waals surface area (Å²) in [6.45, 7) is 4.55. The molecule has 0 heterocycles. The molecule has 2 amide bonds. The number of carboxylic acid groups (broad SMARTS) is 1. The molecule has 3 N–H and O–H groups in total. The number of ether oxygens (including phenoxy) is 2. The number of rotatable bonds is 9. The molecular weight excluding hydrogens is 240 g/mol. The first-order valence-corrected chi connectivity index (χ1v) is 5.87. The Morgan fingerprint density at radius 1 is 1.28 bits per heavy atom. The monoisotopic (exact) mass is 262 g/mol. The zero-order chi connectivity index (χ0) is 14.0. The molecule has 0 radical (unpaired) electrons. The highest BCUT2D eigenvalue weighted by Crippen LogP contribution is 1.97. The molecule has 0 aromatic carbocycles. The molecule has 106 valence electrons. The molecule has 0 spiro atoms. The molecule has 0 saturated heterocycles. The van der Waals surface area contributed by atoms with Crippen molar-refractivity contribution in [3.05, 3.63) is 0 Å². The van der Waals surface area contributed by atoms with Crippen molar-refractivity contribution in [2.24, 2.45) is 0 Å². The van der Waals surface area contributed by atoms with Crippen LogP contribution in [0.2, 0.25) is 0 Å². The van der Waals surface area contributed by atoms with Crippen LogP contribution in [0.5, 0.6) is 0 Å². The minimum atomic E-state index is -0.955. The lowest BCUT2D eigenvalue weighted by Gasteiger charge is -2.16. The van der Waals surface area contributed by atoms with E-state index >= 15 is 0 Å². The minimum absolute atomic E-state index is 0.0718. The fraction of sp³-hybridized carbons (Fsp3) is 0.818. The Balaban J connectivity index is 3.87. The van der Waals surface area contributed by atoms with Crippen LogP contribution in [-0.4, -0.2) is 56.1 Å². The van der Waals surface area contributed by atoms with Gasteiger partial charge in [-0.05, 0) is 13.8 Å². The number of methoxy groups -OCH3 is 1. The minimum Gasteiger partial charge on any atom is -0.481 e. The number of carbonyl (C=O) groups is 2. The van der Waals surface area contributed by atoms with Gasteiger partial charge in [0.05, 0.1) is 18.6 Å². The van der Waals surface area contributed by atoms with Crippen LogP contribution in [0.15, 0.2) is 0 Å². The van der Waals surface area contributed by atoms with Gasteiger partial charge in [-0.3, -0.25) is 4.79 Å². The van der Waals surface area contributed by atoms with Crippen LogP contribution < -0.4 is 10.6 Å². The highest BCUT2D eigenvalue weighted by atomic mass is 16.5. The summed E-state index contributed by atoms with van der Waals surface area (Å²) in [7, 11) is 1.56. The van der Waals surface area contributed by atoms with Crippen LogP contribution in [0.25, 0.3) is 0 Å². The first-order chi connectivity index (χ1) is 8.49. The van der Waals surface area contributed by atoms with Gasteiger partial charge in [0.2, 0.25) is 0 Å².